The second-order valence-corrected chi connectivity index (χ2v) is 9.89. The van der Waals surface area contributed by atoms with E-state index in [0.29, 0.717) is 24.6 Å². The summed E-state index contributed by atoms with van der Waals surface area (Å²) in [6.07, 6.45) is 9.00. The number of alkyl halides is 1. The Kier molecular flexibility index (Phi) is 4.70. The van der Waals surface area contributed by atoms with Crippen molar-refractivity contribution in [2.45, 2.75) is 56.3 Å². The second kappa shape index (κ2) is 7.95. The van der Waals surface area contributed by atoms with Crippen LogP contribution in [0, 0.1) is 0 Å². The Morgan fingerprint density at radius 2 is 1.91 bits per heavy atom. The van der Waals surface area contributed by atoms with Crippen LogP contribution in [0.4, 0.5) is 10.2 Å². The van der Waals surface area contributed by atoms with Crippen LogP contribution in [0.25, 0.3) is 44.2 Å². The second-order valence-electron chi connectivity index (χ2n) is 9.89. The maximum absolute atomic E-state index is 14.3. The number of nitrogens with zero attached hydrogens (tertiary/aromatic N) is 4. The van der Waals surface area contributed by atoms with Crippen LogP contribution in [-0.2, 0) is 0 Å². The summed E-state index contributed by atoms with van der Waals surface area (Å²) in [5.74, 6) is 1.80. The zero-order chi connectivity index (χ0) is 23.5. The van der Waals surface area contributed by atoms with Gasteiger partial charge in [-0.2, -0.15) is 0 Å². The summed E-state index contributed by atoms with van der Waals surface area (Å²) in [5, 5.41) is 6.61. The van der Waals surface area contributed by atoms with Crippen molar-refractivity contribution in [1.29, 1.82) is 0 Å². The molecule has 1 aromatic carbocycles. The molecule has 3 unspecified atom stereocenters. The highest BCUT2D eigenvalue weighted by Crippen LogP contribution is 2.42. The number of nitrogens with two attached hydrogens (primary N) is 1. The number of para-hydroxylation sites is 1. The minimum Gasteiger partial charge on any atom is -0.367 e. The lowest BCUT2D eigenvalue weighted by Crippen LogP contribution is -2.25. The molecule has 35 heavy (non-hydrogen) atoms. The van der Waals surface area contributed by atoms with E-state index in [9.17, 15) is 4.39 Å². The van der Waals surface area contributed by atoms with Crippen molar-refractivity contribution >= 4 is 38.7 Å². The molecule has 2 saturated carbocycles. The first kappa shape index (κ1) is 20.7. The highest BCUT2D eigenvalue weighted by Gasteiger charge is 2.33. The number of aromatic amines is 1. The van der Waals surface area contributed by atoms with E-state index in [1.807, 2.05) is 30.5 Å². The lowest BCUT2D eigenvalue weighted by atomic mass is 9.79. The molecule has 2 aliphatic carbocycles. The summed E-state index contributed by atoms with van der Waals surface area (Å²) in [5.41, 5.74) is 10.7. The van der Waals surface area contributed by atoms with E-state index in [1.165, 1.54) is 12.0 Å². The number of fused-ring (bicyclic) bond motifs is 4. The Labute approximate surface area is 201 Å². The average Bonchev–Trinajstić information content (AvgIpc) is 3.36. The predicted octanol–water partition coefficient (Wildman–Crippen LogP) is 5.23. The van der Waals surface area contributed by atoms with Crippen LogP contribution >= 0.6 is 0 Å². The van der Waals surface area contributed by atoms with Gasteiger partial charge in [-0.3, -0.25) is 4.98 Å². The van der Waals surface area contributed by atoms with Gasteiger partial charge in [-0.1, -0.05) is 24.6 Å². The number of rotatable bonds is 4. The predicted molar refractivity (Wildman–Crippen MR) is 136 cm³/mol. The summed E-state index contributed by atoms with van der Waals surface area (Å²) in [6.45, 7) is 0. The van der Waals surface area contributed by atoms with Crippen LogP contribution in [0.2, 0.25) is 0 Å². The maximum atomic E-state index is 14.3. The first-order chi connectivity index (χ1) is 17.2. The molecule has 4 aromatic heterocycles. The molecule has 176 valence electrons. The molecular weight excluding hydrogens is 441 g/mol. The topological polar surface area (TPSA) is 105 Å². The molecule has 0 aliphatic heterocycles. The summed E-state index contributed by atoms with van der Waals surface area (Å²) < 4.78 is 14.3. The quantitative estimate of drug-likeness (QED) is 0.334. The fourth-order valence-corrected chi connectivity index (χ4v) is 5.65. The van der Waals surface area contributed by atoms with E-state index >= 15 is 0 Å². The molecule has 7 nitrogen and oxygen atoms in total. The number of nitrogens with one attached hydrogen (secondary N) is 2. The van der Waals surface area contributed by atoms with E-state index in [0.717, 1.165) is 57.1 Å². The van der Waals surface area contributed by atoms with Gasteiger partial charge < -0.3 is 16.0 Å². The Bertz CT molecular complexity index is 1560. The fourth-order valence-electron chi connectivity index (χ4n) is 5.65. The van der Waals surface area contributed by atoms with Crippen molar-refractivity contribution < 1.29 is 4.39 Å². The number of anilines is 1. The molecule has 2 aliphatic rings. The van der Waals surface area contributed by atoms with Crippen molar-refractivity contribution in [2.24, 2.45) is 5.73 Å². The van der Waals surface area contributed by atoms with Gasteiger partial charge in [0.1, 0.15) is 17.6 Å². The lowest BCUT2D eigenvalue weighted by Gasteiger charge is -2.27. The van der Waals surface area contributed by atoms with Crippen LogP contribution in [0.1, 0.15) is 43.6 Å². The van der Waals surface area contributed by atoms with Crippen molar-refractivity contribution in [3.8, 4) is 11.4 Å². The number of benzene rings is 1. The molecule has 8 heteroatoms. The molecule has 7 rings (SSSR count). The molecule has 5 aromatic rings. The summed E-state index contributed by atoms with van der Waals surface area (Å²) >= 11 is 0. The monoisotopic (exact) mass is 467 g/mol. The van der Waals surface area contributed by atoms with Gasteiger partial charge in [0.15, 0.2) is 5.82 Å². The normalized spacial score (nSPS) is 22.7. The summed E-state index contributed by atoms with van der Waals surface area (Å²) in [7, 11) is 0. The van der Waals surface area contributed by atoms with Gasteiger partial charge in [0, 0.05) is 58.1 Å². The van der Waals surface area contributed by atoms with E-state index in [4.69, 9.17) is 15.7 Å². The Hall–Kier alpha value is -3.65. The fraction of sp³-hybridized carbons (Fsp3) is 0.333. The molecule has 4 heterocycles. The minimum atomic E-state index is -1.00. The molecule has 0 radical (unpaired) electrons. The molecule has 3 atom stereocenters. The summed E-state index contributed by atoms with van der Waals surface area (Å²) in [6, 6.07) is 9.59. The van der Waals surface area contributed by atoms with Gasteiger partial charge in [0.25, 0.3) is 0 Å². The third-order valence-corrected chi connectivity index (χ3v) is 7.69. The average molecular weight is 468 g/mol. The number of hydrogen-bond acceptors (Lipinski definition) is 6. The SMILES string of the molecule is NC1CC(Nc2nc(-c3ccnc4[nH]c5ccccc5c34)nc3cncc(C4CCC4)c23)CC1F. The summed E-state index contributed by atoms with van der Waals surface area (Å²) in [4.78, 5) is 22.5. The van der Waals surface area contributed by atoms with Gasteiger partial charge >= 0.3 is 0 Å². The van der Waals surface area contributed by atoms with Crippen LogP contribution in [0.3, 0.4) is 0 Å². The van der Waals surface area contributed by atoms with Crippen LogP contribution in [-0.4, -0.2) is 43.2 Å². The zero-order valence-corrected chi connectivity index (χ0v) is 19.2. The van der Waals surface area contributed by atoms with Crippen LogP contribution in [0.15, 0.2) is 48.9 Å². The van der Waals surface area contributed by atoms with Crippen molar-refractivity contribution in [2.75, 3.05) is 5.32 Å². The first-order valence-electron chi connectivity index (χ1n) is 12.3. The number of pyridine rings is 2. The molecular formula is C27H26FN7. The molecule has 2 fully saturated rings. The van der Waals surface area contributed by atoms with Gasteiger partial charge in [-0.25, -0.2) is 19.3 Å². The molecule has 4 N–H and O–H groups in total. The Morgan fingerprint density at radius 1 is 1.03 bits per heavy atom. The van der Waals surface area contributed by atoms with E-state index < -0.39 is 12.2 Å². The minimum absolute atomic E-state index is 0.0705. The third kappa shape index (κ3) is 3.35. The Morgan fingerprint density at radius 3 is 2.71 bits per heavy atom. The van der Waals surface area contributed by atoms with Crippen LogP contribution in [0.5, 0.6) is 0 Å². The lowest BCUT2D eigenvalue weighted by molar-refractivity contribution is 0.311. The van der Waals surface area contributed by atoms with Crippen molar-refractivity contribution in [3.63, 3.8) is 0 Å². The number of halogens is 1. The van der Waals surface area contributed by atoms with E-state index in [2.05, 4.69) is 26.3 Å². The molecule has 0 bridgehead atoms. The number of aromatic nitrogens is 5. The number of hydrogen-bond donors (Lipinski definition) is 3. The maximum Gasteiger partial charge on any atom is 0.163 e. The van der Waals surface area contributed by atoms with Crippen molar-refractivity contribution in [1.82, 2.24) is 24.9 Å². The third-order valence-electron chi connectivity index (χ3n) is 7.69. The smallest absolute Gasteiger partial charge is 0.163 e. The molecule has 0 amide bonds. The number of H-pyrrole nitrogens is 1. The van der Waals surface area contributed by atoms with Crippen molar-refractivity contribution in [3.05, 3.63) is 54.5 Å². The van der Waals surface area contributed by atoms with E-state index in [1.54, 1.807) is 12.4 Å². The van der Waals surface area contributed by atoms with Gasteiger partial charge in [-0.15, -0.1) is 0 Å². The molecule has 0 spiro atoms. The van der Waals surface area contributed by atoms with Crippen LogP contribution < -0.4 is 11.1 Å². The largest absolute Gasteiger partial charge is 0.367 e. The highest BCUT2D eigenvalue weighted by molar-refractivity contribution is 6.12. The molecule has 0 saturated heterocycles. The first-order valence-corrected chi connectivity index (χ1v) is 12.3. The highest BCUT2D eigenvalue weighted by atomic mass is 19.1. The van der Waals surface area contributed by atoms with E-state index in [-0.39, 0.29) is 6.04 Å². The standard InChI is InChI=1S/C27H26FN7/c28-19-10-15(11-20(19)29)32-27-24-18(14-4-3-5-14)12-30-13-22(24)34-25(35-27)17-8-9-31-26-23(17)16-6-1-2-7-21(16)33-26/h1-2,6-9,12-15,19-20H,3-5,10-11,29H2,(H,31,33)(H,32,34,35). The van der Waals surface area contributed by atoms with Gasteiger partial charge in [0.2, 0.25) is 0 Å². The van der Waals surface area contributed by atoms with Gasteiger partial charge in [0.05, 0.1) is 11.7 Å². The zero-order valence-electron chi connectivity index (χ0n) is 19.2. The van der Waals surface area contributed by atoms with Gasteiger partial charge in [-0.05, 0) is 42.9 Å². The Balaban J connectivity index is 1.44.